The molecule has 0 spiro atoms. The molecule has 0 N–H and O–H groups in total. The average Bonchev–Trinajstić information content (AvgIpc) is 2.37. The Morgan fingerprint density at radius 1 is 1.18 bits per heavy atom. The van der Waals surface area contributed by atoms with E-state index in [9.17, 15) is 9.36 Å². The molecule has 1 aromatic rings. The monoisotopic (exact) mass is 254 g/mol. The van der Waals surface area contributed by atoms with Crippen LogP contribution in [-0.2, 0) is 20.7 Å². The molecule has 3 nitrogen and oxygen atoms in total. The van der Waals surface area contributed by atoms with Gasteiger partial charge in [0.05, 0.1) is 13.3 Å². The quantitative estimate of drug-likeness (QED) is 0.578. The van der Waals surface area contributed by atoms with E-state index in [4.69, 9.17) is 4.74 Å². The van der Waals surface area contributed by atoms with E-state index in [1.165, 1.54) is 0 Å². The second-order valence-corrected chi connectivity index (χ2v) is 7.69. The van der Waals surface area contributed by atoms with Gasteiger partial charge in [-0.25, -0.2) is 0 Å². The summed E-state index contributed by atoms with van der Waals surface area (Å²) in [6.07, 6.45) is 1.18. The van der Waals surface area contributed by atoms with Crippen molar-refractivity contribution in [2.45, 2.75) is 20.5 Å². The van der Waals surface area contributed by atoms with Crippen LogP contribution in [-0.4, -0.2) is 24.5 Å². The van der Waals surface area contributed by atoms with Crippen molar-refractivity contribution < 1.29 is 14.1 Å². The van der Waals surface area contributed by atoms with Gasteiger partial charge in [0.25, 0.3) is 0 Å². The van der Waals surface area contributed by atoms with Crippen molar-refractivity contribution in [1.82, 2.24) is 0 Å². The summed E-state index contributed by atoms with van der Waals surface area (Å²) in [5.41, 5.74) is 0.948. The number of hydrogen-bond donors (Lipinski definition) is 0. The fraction of sp³-hybridized carbons (Fsp3) is 0.462. The van der Waals surface area contributed by atoms with Crippen molar-refractivity contribution in [2.75, 3.05) is 18.5 Å². The molecule has 0 fully saturated rings. The van der Waals surface area contributed by atoms with Gasteiger partial charge in [-0.2, -0.15) is 0 Å². The topological polar surface area (TPSA) is 43.4 Å². The maximum atomic E-state index is 12.1. The Bertz CT molecular complexity index is 392. The fourth-order valence-corrected chi connectivity index (χ4v) is 2.92. The first-order valence-electron chi connectivity index (χ1n) is 5.86. The first kappa shape index (κ1) is 14.0. The van der Waals surface area contributed by atoms with Gasteiger partial charge >= 0.3 is 5.97 Å². The predicted molar refractivity (Wildman–Crippen MR) is 69.8 cm³/mol. The second-order valence-electron chi connectivity index (χ2n) is 3.99. The number of esters is 1. The van der Waals surface area contributed by atoms with Crippen LogP contribution in [0.1, 0.15) is 19.4 Å². The molecule has 17 heavy (non-hydrogen) atoms. The molecule has 94 valence electrons. The van der Waals surface area contributed by atoms with Crippen LogP contribution in [0.2, 0.25) is 0 Å². The minimum atomic E-state index is -2.33. The van der Waals surface area contributed by atoms with E-state index in [2.05, 4.69) is 0 Å². The molecule has 4 heteroatoms. The van der Waals surface area contributed by atoms with E-state index in [1.54, 1.807) is 0 Å². The van der Waals surface area contributed by atoms with Gasteiger partial charge < -0.3 is 9.30 Å². The van der Waals surface area contributed by atoms with E-state index < -0.39 is 7.14 Å². The molecule has 0 aliphatic carbocycles. The van der Waals surface area contributed by atoms with Crippen molar-refractivity contribution in [3.8, 4) is 0 Å². The Balaban J connectivity index is 2.43. The molecule has 0 bridgehead atoms. The van der Waals surface area contributed by atoms with Gasteiger partial charge in [-0.05, 0) is 17.9 Å². The summed E-state index contributed by atoms with van der Waals surface area (Å²) >= 11 is 0. The molecule has 0 aliphatic rings. The zero-order valence-electron chi connectivity index (χ0n) is 10.4. The summed E-state index contributed by atoms with van der Waals surface area (Å²) in [4.78, 5) is 11.6. The highest BCUT2D eigenvalue weighted by Gasteiger charge is 2.22. The SMILES string of the molecule is CCP(=O)(CC)CC(=O)OCc1ccccc1. The number of ether oxygens (including phenoxy) is 1. The molecule has 0 radical (unpaired) electrons. The maximum Gasteiger partial charge on any atom is 0.313 e. The molecular weight excluding hydrogens is 235 g/mol. The van der Waals surface area contributed by atoms with E-state index in [1.807, 2.05) is 44.2 Å². The van der Waals surface area contributed by atoms with Crippen LogP contribution in [0.3, 0.4) is 0 Å². The number of hydrogen-bond acceptors (Lipinski definition) is 3. The Labute approximate surface area is 103 Å². The van der Waals surface area contributed by atoms with Crippen molar-refractivity contribution in [2.24, 2.45) is 0 Å². The highest BCUT2D eigenvalue weighted by Crippen LogP contribution is 2.44. The lowest BCUT2D eigenvalue weighted by Crippen LogP contribution is -2.12. The third-order valence-corrected chi connectivity index (χ3v) is 5.95. The van der Waals surface area contributed by atoms with Crippen molar-refractivity contribution in [1.29, 1.82) is 0 Å². The minimum Gasteiger partial charge on any atom is -0.460 e. The van der Waals surface area contributed by atoms with E-state index in [0.717, 1.165) is 5.56 Å². The standard InChI is InChI=1S/C13H19O3P/c1-3-17(15,4-2)11-13(14)16-10-12-8-6-5-7-9-12/h5-9H,3-4,10-11H2,1-2H3. The van der Waals surface area contributed by atoms with Gasteiger partial charge in [0.15, 0.2) is 0 Å². The number of carbonyl (C=O) groups excluding carboxylic acids is 1. The summed E-state index contributed by atoms with van der Waals surface area (Å²) in [6.45, 7) is 3.97. The lowest BCUT2D eigenvalue weighted by atomic mass is 10.2. The molecule has 0 unspecified atom stereocenters. The van der Waals surface area contributed by atoms with Gasteiger partial charge in [-0.3, -0.25) is 4.79 Å². The fourth-order valence-electron chi connectivity index (χ4n) is 1.47. The van der Waals surface area contributed by atoms with Crippen LogP contribution in [0.15, 0.2) is 30.3 Å². The van der Waals surface area contributed by atoms with Crippen molar-refractivity contribution in [3.05, 3.63) is 35.9 Å². The van der Waals surface area contributed by atoms with E-state index in [-0.39, 0.29) is 18.7 Å². The van der Waals surface area contributed by atoms with Crippen LogP contribution < -0.4 is 0 Å². The van der Waals surface area contributed by atoms with E-state index >= 15 is 0 Å². The zero-order chi connectivity index (χ0) is 12.7. The lowest BCUT2D eigenvalue weighted by molar-refractivity contribution is -0.141. The Morgan fingerprint density at radius 2 is 1.76 bits per heavy atom. The maximum absolute atomic E-state index is 12.1. The highest BCUT2D eigenvalue weighted by molar-refractivity contribution is 7.64. The van der Waals surface area contributed by atoms with Gasteiger partial charge in [0, 0.05) is 0 Å². The number of benzene rings is 1. The van der Waals surface area contributed by atoms with Crippen molar-refractivity contribution in [3.63, 3.8) is 0 Å². The number of rotatable bonds is 6. The summed E-state index contributed by atoms with van der Waals surface area (Å²) in [7, 11) is -2.33. The smallest absolute Gasteiger partial charge is 0.313 e. The summed E-state index contributed by atoms with van der Waals surface area (Å²) in [5.74, 6) is -0.360. The summed E-state index contributed by atoms with van der Waals surface area (Å²) < 4.78 is 17.2. The van der Waals surface area contributed by atoms with Gasteiger partial charge in [0.2, 0.25) is 0 Å². The van der Waals surface area contributed by atoms with Gasteiger partial charge in [-0.15, -0.1) is 0 Å². The third kappa shape index (κ3) is 4.74. The molecule has 1 rings (SSSR count). The molecule has 0 aromatic heterocycles. The summed E-state index contributed by atoms with van der Waals surface area (Å²) in [6, 6.07) is 9.49. The second kappa shape index (κ2) is 6.61. The Hall–Kier alpha value is -1.08. The zero-order valence-corrected chi connectivity index (χ0v) is 11.3. The average molecular weight is 254 g/mol. The molecule has 0 saturated carbocycles. The molecule has 0 atom stereocenters. The van der Waals surface area contributed by atoms with Gasteiger partial charge in [0.1, 0.15) is 6.61 Å². The third-order valence-electron chi connectivity index (χ3n) is 2.81. The summed E-state index contributed by atoms with van der Waals surface area (Å²) in [5, 5.41) is 0. The lowest BCUT2D eigenvalue weighted by Gasteiger charge is -2.13. The van der Waals surface area contributed by atoms with Crippen LogP contribution >= 0.6 is 7.14 Å². The van der Waals surface area contributed by atoms with Crippen LogP contribution in [0.25, 0.3) is 0 Å². The molecule has 0 amide bonds. The Kier molecular flexibility index (Phi) is 5.43. The van der Waals surface area contributed by atoms with Gasteiger partial charge in [-0.1, -0.05) is 44.2 Å². The highest BCUT2D eigenvalue weighted by atomic mass is 31.2. The first-order chi connectivity index (χ1) is 8.09. The predicted octanol–water partition coefficient (Wildman–Crippen LogP) is 3.13. The van der Waals surface area contributed by atoms with Crippen molar-refractivity contribution >= 4 is 13.1 Å². The Morgan fingerprint density at radius 3 is 2.29 bits per heavy atom. The van der Waals surface area contributed by atoms with Crippen LogP contribution in [0.5, 0.6) is 0 Å². The first-order valence-corrected chi connectivity index (χ1v) is 8.12. The molecule has 1 aromatic carbocycles. The number of carbonyl (C=O) groups is 1. The van der Waals surface area contributed by atoms with E-state index in [0.29, 0.717) is 12.3 Å². The largest absolute Gasteiger partial charge is 0.460 e. The van der Waals surface area contributed by atoms with Crippen LogP contribution in [0.4, 0.5) is 0 Å². The molecular formula is C13H19O3P. The molecule has 0 saturated heterocycles. The minimum absolute atomic E-state index is 0.0623. The molecule has 0 aliphatic heterocycles. The molecule has 0 heterocycles. The normalized spacial score (nSPS) is 11.2. The van der Waals surface area contributed by atoms with Crippen LogP contribution in [0, 0.1) is 0 Å².